The Labute approximate surface area is 162 Å². The highest BCUT2D eigenvalue weighted by Gasteiger charge is 2.14. The monoisotopic (exact) mass is 387 g/mol. The number of methoxy groups -OCH3 is 2. The van der Waals surface area contributed by atoms with Gasteiger partial charge in [-0.15, -0.1) is 0 Å². The Balaban J connectivity index is 1.91. The number of carbonyl (C=O) groups is 3. The first-order valence-corrected chi connectivity index (χ1v) is 8.44. The fraction of sp³-hybridized carbons (Fsp3) is 0.250. The number of hydrogen-bond donors (Lipinski definition) is 1. The molecule has 2 aromatic rings. The third kappa shape index (κ3) is 5.73. The van der Waals surface area contributed by atoms with Gasteiger partial charge in [-0.3, -0.25) is 4.79 Å². The highest BCUT2D eigenvalue weighted by molar-refractivity contribution is 5.96. The largest absolute Gasteiger partial charge is 0.497 e. The molecule has 0 bridgehead atoms. The van der Waals surface area contributed by atoms with Crippen molar-refractivity contribution >= 4 is 23.5 Å². The fourth-order valence-corrected chi connectivity index (χ4v) is 2.24. The summed E-state index contributed by atoms with van der Waals surface area (Å²) in [6, 6.07) is 10.7. The Morgan fingerprint density at radius 1 is 0.821 bits per heavy atom. The normalized spacial score (nSPS) is 9.96. The van der Waals surface area contributed by atoms with E-state index in [1.807, 2.05) is 0 Å². The van der Waals surface area contributed by atoms with E-state index in [0.717, 1.165) is 0 Å². The number of ether oxygens (including phenoxy) is 4. The van der Waals surface area contributed by atoms with Gasteiger partial charge in [-0.05, 0) is 43.3 Å². The molecule has 148 valence electrons. The maximum atomic E-state index is 12.2. The van der Waals surface area contributed by atoms with Crippen LogP contribution in [0.2, 0.25) is 0 Å². The number of benzene rings is 2. The molecule has 2 aromatic carbocycles. The molecule has 8 heteroatoms. The zero-order chi connectivity index (χ0) is 20.5. The first-order valence-electron chi connectivity index (χ1n) is 8.44. The third-order valence-electron chi connectivity index (χ3n) is 3.60. The summed E-state index contributed by atoms with van der Waals surface area (Å²) in [5, 5.41) is 2.57. The molecule has 0 heterocycles. The molecular formula is C20H21NO7. The van der Waals surface area contributed by atoms with Crippen molar-refractivity contribution in [3.63, 3.8) is 0 Å². The van der Waals surface area contributed by atoms with Gasteiger partial charge in [0.1, 0.15) is 11.5 Å². The molecule has 0 radical (unpaired) electrons. The van der Waals surface area contributed by atoms with Crippen LogP contribution in [-0.4, -0.2) is 45.3 Å². The van der Waals surface area contributed by atoms with Gasteiger partial charge in [0.05, 0.1) is 32.0 Å². The lowest BCUT2D eigenvalue weighted by Crippen LogP contribution is -2.21. The highest BCUT2D eigenvalue weighted by atomic mass is 16.5. The standard InChI is InChI=1S/C20H21NO7/c1-4-27-19(23)13-5-7-15(8-6-13)21-18(22)12-28-20(24)14-9-16(25-2)11-17(10-14)26-3/h5-11H,4,12H2,1-3H3,(H,21,22). The van der Waals surface area contributed by atoms with Crippen molar-refractivity contribution in [2.24, 2.45) is 0 Å². The second kappa shape index (κ2) is 9.96. The van der Waals surface area contributed by atoms with Crippen LogP contribution in [0.25, 0.3) is 0 Å². The van der Waals surface area contributed by atoms with Gasteiger partial charge >= 0.3 is 11.9 Å². The van der Waals surface area contributed by atoms with Crippen LogP contribution in [0.1, 0.15) is 27.6 Å². The van der Waals surface area contributed by atoms with E-state index in [-0.39, 0.29) is 12.2 Å². The van der Waals surface area contributed by atoms with Crippen LogP contribution < -0.4 is 14.8 Å². The molecule has 2 rings (SSSR count). The van der Waals surface area contributed by atoms with Gasteiger partial charge in [-0.2, -0.15) is 0 Å². The summed E-state index contributed by atoms with van der Waals surface area (Å²) in [7, 11) is 2.93. The Kier molecular flexibility index (Phi) is 7.38. The average molecular weight is 387 g/mol. The van der Waals surface area contributed by atoms with Gasteiger partial charge in [0.2, 0.25) is 0 Å². The zero-order valence-corrected chi connectivity index (χ0v) is 15.8. The maximum Gasteiger partial charge on any atom is 0.338 e. The number of hydrogen-bond acceptors (Lipinski definition) is 7. The topological polar surface area (TPSA) is 100 Å². The molecule has 0 aliphatic heterocycles. The van der Waals surface area contributed by atoms with Crippen molar-refractivity contribution in [3.05, 3.63) is 53.6 Å². The molecule has 8 nitrogen and oxygen atoms in total. The molecule has 0 aromatic heterocycles. The number of rotatable bonds is 8. The lowest BCUT2D eigenvalue weighted by Gasteiger charge is -2.09. The lowest BCUT2D eigenvalue weighted by molar-refractivity contribution is -0.119. The minimum atomic E-state index is -0.690. The SMILES string of the molecule is CCOC(=O)c1ccc(NC(=O)COC(=O)c2cc(OC)cc(OC)c2)cc1. The Hall–Kier alpha value is -3.55. The molecule has 0 aliphatic rings. The molecule has 0 saturated heterocycles. The third-order valence-corrected chi connectivity index (χ3v) is 3.60. The van der Waals surface area contributed by atoms with Gasteiger partial charge in [0.15, 0.2) is 6.61 Å². The van der Waals surface area contributed by atoms with Crippen LogP contribution in [0.5, 0.6) is 11.5 Å². The average Bonchev–Trinajstić information content (AvgIpc) is 2.72. The zero-order valence-electron chi connectivity index (χ0n) is 15.8. The fourth-order valence-electron chi connectivity index (χ4n) is 2.24. The Morgan fingerprint density at radius 3 is 1.93 bits per heavy atom. The molecule has 0 unspecified atom stereocenters. The predicted octanol–water partition coefficient (Wildman–Crippen LogP) is 2.68. The van der Waals surface area contributed by atoms with Crippen molar-refractivity contribution in [2.45, 2.75) is 6.92 Å². The molecule has 1 N–H and O–H groups in total. The molecular weight excluding hydrogens is 366 g/mol. The number of amides is 1. The number of carbonyl (C=O) groups excluding carboxylic acids is 3. The van der Waals surface area contributed by atoms with Gasteiger partial charge < -0.3 is 24.3 Å². The molecule has 0 fully saturated rings. The quantitative estimate of drug-likeness (QED) is 0.695. The summed E-state index contributed by atoms with van der Waals surface area (Å²) in [6.07, 6.45) is 0. The summed E-state index contributed by atoms with van der Waals surface area (Å²) in [5.41, 5.74) is 1.03. The summed E-state index contributed by atoms with van der Waals surface area (Å²) >= 11 is 0. The second-order valence-corrected chi connectivity index (χ2v) is 5.52. The number of nitrogens with one attached hydrogen (secondary N) is 1. The summed E-state index contributed by atoms with van der Waals surface area (Å²) < 4.78 is 20.1. The van der Waals surface area contributed by atoms with Gasteiger partial charge in [-0.25, -0.2) is 9.59 Å². The second-order valence-electron chi connectivity index (χ2n) is 5.52. The Bertz CT molecular complexity index is 824. The van der Waals surface area contributed by atoms with Crippen LogP contribution in [0.15, 0.2) is 42.5 Å². The first kappa shape index (κ1) is 20.8. The van der Waals surface area contributed by atoms with Gasteiger partial charge in [0, 0.05) is 11.8 Å². The molecule has 0 spiro atoms. The van der Waals surface area contributed by atoms with Crippen molar-refractivity contribution in [2.75, 3.05) is 32.8 Å². The molecule has 0 saturated carbocycles. The van der Waals surface area contributed by atoms with E-state index >= 15 is 0 Å². The van der Waals surface area contributed by atoms with E-state index in [2.05, 4.69) is 5.32 Å². The number of anilines is 1. The smallest absolute Gasteiger partial charge is 0.338 e. The minimum Gasteiger partial charge on any atom is -0.497 e. The van der Waals surface area contributed by atoms with Gasteiger partial charge in [0.25, 0.3) is 5.91 Å². The minimum absolute atomic E-state index is 0.197. The van der Waals surface area contributed by atoms with Crippen molar-refractivity contribution < 1.29 is 33.3 Å². The van der Waals surface area contributed by atoms with Crippen molar-refractivity contribution in [1.82, 2.24) is 0 Å². The van der Waals surface area contributed by atoms with Crippen molar-refractivity contribution in [1.29, 1.82) is 0 Å². The molecule has 0 atom stereocenters. The van der Waals surface area contributed by atoms with Gasteiger partial charge in [-0.1, -0.05) is 0 Å². The molecule has 28 heavy (non-hydrogen) atoms. The molecule has 1 amide bonds. The van der Waals surface area contributed by atoms with Crippen LogP contribution in [0.3, 0.4) is 0 Å². The van der Waals surface area contributed by atoms with E-state index < -0.39 is 24.5 Å². The predicted molar refractivity (Wildman–Crippen MR) is 101 cm³/mol. The van der Waals surface area contributed by atoms with E-state index in [1.165, 1.54) is 38.5 Å². The summed E-state index contributed by atoms with van der Waals surface area (Å²) in [5.74, 6) is -0.796. The first-order chi connectivity index (χ1) is 13.5. The van der Waals surface area contributed by atoms with Crippen LogP contribution in [0, 0.1) is 0 Å². The van der Waals surface area contributed by atoms with Crippen molar-refractivity contribution in [3.8, 4) is 11.5 Å². The molecule has 0 aliphatic carbocycles. The van der Waals surface area contributed by atoms with E-state index in [9.17, 15) is 14.4 Å². The van der Waals surface area contributed by atoms with E-state index in [0.29, 0.717) is 22.7 Å². The summed E-state index contributed by atoms with van der Waals surface area (Å²) in [4.78, 5) is 35.7. The maximum absolute atomic E-state index is 12.2. The summed E-state index contributed by atoms with van der Waals surface area (Å²) in [6.45, 7) is 1.52. The lowest BCUT2D eigenvalue weighted by atomic mass is 10.2. The van der Waals surface area contributed by atoms with Crippen LogP contribution in [0.4, 0.5) is 5.69 Å². The number of esters is 2. The van der Waals surface area contributed by atoms with Crippen LogP contribution in [-0.2, 0) is 14.3 Å². The van der Waals surface area contributed by atoms with E-state index in [1.54, 1.807) is 25.1 Å². The Morgan fingerprint density at radius 2 is 1.39 bits per heavy atom. The van der Waals surface area contributed by atoms with Crippen LogP contribution >= 0.6 is 0 Å². The van der Waals surface area contributed by atoms with E-state index in [4.69, 9.17) is 18.9 Å². The highest BCUT2D eigenvalue weighted by Crippen LogP contribution is 2.23.